The van der Waals surface area contributed by atoms with Crippen LogP contribution in [0.2, 0.25) is 0 Å². The normalized spacial score (nSPS) is 14.8. The Morgan fingerprint density at radius 2 is 1.82 bits per heavy atom. The maximum Gasteiger partial charge on any atom is 0.338 e. The molecule has 45 heavy (non-hydrogen) atoms. The van der Waals surface area contributed by atoms with Gasteiger partial charge in [0.25, 0.3) is 5.56 Å². The second-order valence-electron chi connectivity index (χ2n) is 10.8. The molecule has 0 amide bonds. The van der Waals surface area contributed by atoms with Crippen molar-refractivity contribution in [2.24, 2.45) is 4.99 Å². The zero-order chi connectivity index (χ0) is 31.7. The van der Waals surface area contributed by atoms with Crippen LogP contribution in [0.15, 0.2) is 109 Å². The molecule has 228 valence electrons. The van der Waals surface area contributed by atoms with Gasteiger partial charge in [-0.1, -0.05) is 81.9 Å². The summed E-state index contributed by atoms with van der Waals surface area (Å²) in [6.07, 6.45) is 1.59. The Morgan fingerprint density at radius 1 is 1.07 bits per heavy atom. The summed E-state index contributed by atoms with van der Waals surface area (Å²) in [5.74, 6) is 1.23. The Labute approximate surface area is 272 Å². The third-order valence-electron chi connectivity index (χ3n) is 7.24. The number of para-hydroxylation sites is 1. The summed E-state index contributed by atoms with van der Waals surface area (Å²) < 4.78 is 20.9. The van der Waals surface area contributed by atoms with E-state index in [0.717, 1.165) is 21.2 Å². The van der Waals surface area contributed by atoms with Gasteiger partial charge >= 0.3 is 5.97 Å². The standard InChI is InChI=1S/C36H31BrN2O5S/c1-5-42-35(41)31-32(23-11-7-6-8-12-23)38-36-39(33(31)26-13-9-10-14-28(26)43-21(2)3)34(40)30(45-36)20-24-16-18-29(44-24)25-17-15-22(4)19-27(25)37/h6-21,33H,5H2,1-4H3/b30-20+/t33-/m1/s1. The summed E-state index contributed by atoms with van der Waals surface area (Å²) in [6, 6.07) is 25.9. The average molecular weight is 684 g/mol. The lowest BCUT2D eigenvalue weighted by Gasteiger charge is -2.27. The number of nitrogens with zero attached hydrogens (tertiary/aromatic N) is 2. The molecule has 0 spiro atoms. The fraction of sp³-hybridized carbons (Fsp3) is 0.194. The molecule has 0 aliphatic carbocycles. The first-order valence-corrected chi connectivity index (χ1v) is 16.3. The van der Waals surface area contributed by atoms with Gasteiger partial charge in [-0.3, -0.25) is 9.36 Å². The van der Waals surface area contributed by atoms with E-state index in [1.165, 1.54) is 11.3 Å². The number of aryl methyl sites for hydroxylation is 1. The molecule has 6 rings (SSSR count). The summed E-state index contributed by atoms with van der Waals surface area (Å²) in [7, 11) is 0. The van der Waals surface area contributed by atoms with E-state index in [-0.39, 0.29) is 23.8 Å². The van der Waals surface area contributed by atoms with Crippen molar-refractivity contribution in [3.63, 3.8) is 0 Å². The van der Waals surface area contributed by atoms with Crippen LogP contribution in [-0.2, 0) is 9.53 Å². The molecule has 1 aliphatic rings. The van der Waals surface area contributed by atoms with E-state index >= 15 is 0 Å². The molecule has 3 heterocycles. The second-order valence-corrected chi connectivity index (χ2v) is 12.7. The molecule has 9 heteroatoms. The van der Waals surface area contributed by atoms with Crippen LogP contribution in [0, 0.1) is 6.92 Å². The summed E-state index contributed by atoms with van der Waals surface area (Å²) in [6.45, 7) is 7.83. The summed E-state index contributed by atoms with van der Waals surface area (Å²) in [5, 5.41) is 0. The Hall–Kier alpha value is -4.47. The number of ether oxygens (including phenoxy) is 2. The van der Waals surface area contributed by atoms with E-state index in [1.807, 2.05) is 106 Å². The van der Waals surface area contributed by atoms with Gasteiger partial charge in [0.05, 0.1) is 28.5 Å². The molecule has 0 saturated heterocycles. The molecule has 3 aromatic carbocycles. The Bertz CT molecular complexity index is 2110. The molecule has 5 aromatic rings. The second kappa shape index (κ2) is 12.9. The fourth-order valence-electron chi connectivity index (χ4n) is 5.33. The molecular formula is C36H31BrN2O5S. The molecular weight excluding hydrogens is 652 g/mol. The SMILES string of the molecule is CCOC(=O)C1=C(c2ccccc2)N=c2s/c(=C/c3ccc(-c4ccc(C)cc4Br)o3)c(=O)n2[C@@H]1c1ccccc1OC(C)C. The Kier molecular flexibility index (Phi) is 8.74. The van der Waals surface area contributed by atoms with Crippen LogP contribution >= 0.6 is 27.3 Å². The van der Waals surface area contributed by atoms with E-state index in [2.05, 4.69) is 15.9 Å². The monoisotopic (exact) mass is 682 g/mol. The molecule has 1 atom stereocenters. The van der Waals surface area contributed by atoms with Crippen molar-refractivity contribution >= 4 is 45.0 Å². The van der Waals surface area contributed by atoms with Crippen molar-refractivity contribution in [3.05, 3.63) is 137 Å². The maximum atomic E-state index is 14.3. The molecule has 0 radical (unpaired) electrons. The highest BCUT2D eigenvalue weighted by atomic mass is 79.9. The van der Waals surface area contributed by atoms with Gasteiger partial charge in [-0.15, -0.1) is 0 Å². The van der Waals surface area contributed by atoms with Crippen molar-refractivity contribution in [1.82, 2.24) is 4.57 Å². The van der Waals surface area contributed by atoms with E-state index in [0.29, 0.717) is 37.9 Å². The first-order valence-electron chi connectivity index (χ1n) is 14.7. The van der Waals surface area contributed by atoms with Crippen LogP contribution in [0.1, 0.15) is 49.3 Å². The van der Waals surface area contributed by atoms with Gasteiger partial charge in [0.15, 0.2) is 4.80 Å². The smallest absolute Gasteiger partial charge is 0.338 e. The quantitative estimate of drug-likeness (QED) is 0.164. The zero-order valence-electron chi connectivity index (χ0n) is 25.2. The zero-order valence-corrected chi connectivity index (χ0v) is 27.6. The number of rotatable bonds is 8. The molecule has 7 nitrogen and oxygen atoms in total. The number of halogens is 1. The summed E-state index contributed by atoms with van der Waals surface area (Å²) in [5.41, 5.74) is 3.87. The first kappa shape index (κ1) is 30.6. The lowest BCUT2D eigenvalue weighted by Crippen LogP contribution is -2.40. The highest BCUT2D eigenvalue weighted by Gasteiger charge is 2.36. The van der Waals surface area contributed by atoms with Gasteiger partial charge < -0.3 is 13.9 Å². The number of aromatic nitrogens is 1. The summed E-state index contributed by atoms with van der Waals surface area (Å²) >= 11 is 4.87. The van der Waals surface area contributed by atoms with Gasteiger partial charge in [0.2, 0.25) is 0 Å². The van der Waals surface area contributed by atoms with Crippen LogP contribution < -0.4 is 19.6 Å². The van der Waals surface area contributed by atoms with Gasteiger partial charge in [-0.05, 0) is 63.6 Å². The number of hydrogen-bond acceptors (Lipinski definition) is 7. The molecule has 0 bridgehead atoms. The molecule has 0 N–H and O–H groups in total. The highest BCUT2D eigenvalue weighted by molar-refractivity contribution is 9.10. The first-order chi connectivity index (χ1) is 21.7. The number of hydrogen-bond donors (Lipinski definition) is 0. The Balaban J connectivity index is 1.58. The topological polar surface area (TPSA) is 83.0 Å². The largest absolute Gasteiger partial charge is 0.491 e. The van der Waals surface area contributed by atoms with Gasteiger partial charge in [-0.2, -0.15) is 0 Å². The number of fused-ring (bicyclic) bond motifs is 1. The summed E-state index contributed by atoms with van der Waals surface area (Å²) in [4.78, 5) is 33.5. The highest BCUT2D eigenvalue weighted by Crippen LogP contribution is 2.39. The van der Waals surface area contributed by atoms with Crippen LogP contribution in [0.5, 0.6) is 5.75 Å². The number of esters is 1. The van der Waals surface area contributed by atoms with Gasteiger partial charge in [0.1, 0.15) is 23.3 Å². The molecule has 1 aliphatic heterocycles. The van der Waals surface area contributed by atoms with E-state index in [1.54, 1.807) is 17.6 Å². The molecule has 0 unspecified atom stereocenters. The predicted octanol–water partition coefficient (Wildman–Crippen LogP) is 7.05. The minimum atomic E-state index is -0.844. The van der Waals surface area contributed by atoms with Crippen molar-refractivity contribution in [3.8, 4) is 17.1 Å². The molecule has 0 saturated carbocycles. The van der Waals surface area contributed by atoms with Gasteiger partial charge in [0, 0.05) is 27.2 Å². The average Bonchev–Trinajstić information content (AvgIpc) is 3.60. The van der Waals surface area contributed by atoms with E-state index in [4.69, 9.17) is 18.9 Å². The molecule has 0 fully saturated rings. The number of carbonyl (C=O) groups is 1. The lowest BCUT2D eigenvalue weighted by molar-refractivity contribution is -0.138. The van der Waals surface area contributed by atoms with Crippen molar-refractivity contribution in [2.75, 3.05) is 6.61 Å². The lowest BCUT2D eigenvalue weighted by atomic mass is 9.92. The number of furan rings is 1. The van der Waals surface area contributed by atoms with Crippen LogP contribution in [-0.4, -0.2) is 23.2 Å². The van der Waals surface area contributed by atoms with Crippen LogP contribution in [0.3, 0.4) is 0 Å². The minimum Gasteiger partial charge on any atom is -0.491 e. The third kappa shape index (κ3) is 6.10. The maximum absolute atomic E-state index is 14.3. The Morgan fingerprint density at radius 3 is 2.56 bits per heavy atom. The van der Waals surface area contributed by atoms with Crippen molar-refractivity contribution < 1.29 is 18.7 Å². The fourth-order valence-corrected chi connectivity index (χ4v) is 7.00. The van der Waals surface area contributed by atoms with Crippen molar-refractivity contribution in [1.29, 1.82) is 0 Å². The number of carbonyl (C=O) groups excluding carboxylic acids is 1. The minimum absolute atomic E-state index is 0.132. The third-order valence-corrected chi connectivity index (χ3v) is 8.88. The van der Waals surface area contributed by atoms with E-state index < -0.39 is 12.0 Å². The predicted molar refractivity (Wildman–Crippen MR) is 180 cm³/mol. The number of benzene rings is 3. The van der Waals surface area contributed by atoms with Crippen LogP contribution in [0.25, 0.3) is 23.1 Å². The number of thiazole rings is 1. The molecule has 2 aromatic heterocycles. The van der Waals surface area contributed by atoms with E-state index in [9.17, 15) is 9.59 Å². The van der Waals surface area contributed by atoms with Gasteiger partial charge in [-0.25, -0.2) is 9.79 Å². The van der Waals surface area contributed by atoms with Crippen molar-refractivity contribution in [2.45, 2.75) is 39.8 Å². The van der Waals surface area contributed by atoms with Crippen LogP contribution in [0.4, 0.5) is 0 Å².